The number of amides is 1. The third-order valence-corrected chi connectivity index (χ3v) is 4.56. The van der Waals surface area contributed by atoms with Crippen molar-refractivity contribution in [1.29, 1.82) is 0 Å². The molecular weight excluding hydrogens is 471 g/mol. The van der Waals surface area contributed by atoms with Crippen LogP contribution in [0.3, 0.4) is 0 Å². The number of hydrogen-bond acceptors (Lipinski definition) is 3. The van der Waals surface area contributed by atoms with Crippen molar-refractivity contribution < 1.29 is 9.21 Å². The van der Waals surface area contributed by atoms with Crippen molar-refractivity contribution in [3.63, 3.8) is 0 Å². The average Bonchev–Trinajstić information content (AvgIpc) is 2.96. The molecule has 0 unspecified atom stereocenters. The molecule has 0 atom stereocenters. The van der Waals surface area contributed by atoms with Crippen LogP contribution < -0.4 is 5.43 Å². The molecule has 116 valence electrons. The molecule has 0 bridgehead atoms. The SMILES string of the molecule is O=C(Cc1ccc(Br)c2ccccc12)N/N=C\c1ccc(I)o1. The van der Waals surface area contributed by atoms with E-state index in [0.717, 1.165) is 24.6 Å². The molecule has 0 fully saturated rings. The molecule has 6 heteroatoms. The molecule has 1 aromatic heterocycles. The highest BCUT2D eigenvalue weighted by atomic mass is 127. The molecule has 1 amide bonds. The van der Waals surface area contributed by atoms with E-state index >= 15 is 0 Å². The van der Waals surface area contributed by atoms with Crippen LogP contribution in [0.25, 0.3) is 10.8 Å². The average molecular weight is 483 g/mol. The first-order valence-electron chi connectivity index (χ1n) is 6.87. The Morgan fingerprint density at radius 3 is 2.70 bits per heavy atom. The summed E-state index contributed by atoms with van der Waals surface area (Å²) in [5, 5.41) is 6.06. The van der Waals surface area contributed by atoms with Crippen molar-refractivity contribution in [3.05, 3.63) is 68.1 Å². The first-order chi connectivity index (χ1) is 11.1. The number of rotatable bonds is 4. The maximum Gasteiger partial charge on any atom is 0.244 e. The van der Waals surface area contributed by atoms with E-state index in [-0.39, 0.29) is 12.3 Å². The highest BCUT2D eigenvalue weighted by molar-refractivity contribution is 14.1. The summed E-state index contributed by atoms with van der Waals surface area (Å²) in [6.45, 7) is 0. The fourth-order valence-corrected chi connectivity index (χ4v) is 3.17. The number of hydrogen-bond donors (Lipinski definition) is 1. The summed E-state index contributed by atoms with van der Waals surface area (Å²) < 4.78 is 7.13. The fourth-order valence-electron chi connectivity index (χ4n) is 2.26. The van der Waals surface area contributed by atoms with Crippen LogP contribution in [-0.2, 0) is 11.2 Å². The lowest BCUT2D eigenvalue weighted by Gasteiger charge is -2.07. The molecule has 2 aromatic carbocycles. The Balaban J connectivity index is 1.71. The van der Waals surface area contributed by atoms with Crippen molar-refractivity contribution in [3.8, 4) is 0 Å². The first-order valence-corrected chi connectivity index (χ1v) is 8.74. The van der Waals surface area contributed by atoms with Gasteiger partial charge in [0.15, 0.2) is 3.77 Å². The molecule has 0 aliphatic rings. The van der Waals surface area contributed by atoms with Crippen LogP contribution in [-0.4, -0.2) is 12.1 Å². The third kappa shape index (κ3) is 4.00. The van der Waals surface area contributed by atoms with Crippen molar-refractivity contribution in [2.45, 2.75) is 6.42 Å². The van der Waals surface area contributed by atoms with Crippen molar-refractivity contribution >= 4 is 61.4 Å². The lowest BCUT2D eigenvalue weighted by Crippen LogP contribution is -2.19. The number of halogens is 2. The number of benzene rings is 2. The minimum Gasteiger partial charge on any atom is -0.449 e. The van der Waals surface area contributed by atoms with Gasteiger partial charge in [0.05, 0.1) is 12.6 Å². The Morgan fingerprint density at radius 1 is 1.17 bits per heavy atom. The Labute approximate surface area is 155 Å². The van der Waals surface area contributed by atoms with Gasteiger partial charge < -0.3 is 4.42 Å². The van der Waals surface area contributed by atoms with Crippen LogP contribution in [0.5, 0.6) is 0 Å². The minimum atomic E-state index is -0.171. The molecular formula is C17H12BrIN2O2. The first kappa shape index (κ1) is 16.2. The number of carbonyl (C=O) groups excluding carboxylic acids is 1. The summed E-state index contributed by atoms with van der Waals surface area (Å²) in [6.07, 6.45) is 1.75. The highest BCUT2D eigenvalue weighted by Crippen LogP contribution is 2.27. The van der Waals surface area contributed by atoms with Gasteiger partial charge in [-0.25, -0.2) is 5.43 Å². The van der Waals surface area contributed by atoms with E-state index in [0.29, 0.717) is 5.76 Å². The van der Waals surface area contributed by atoms with Gasteiger partial charge in [-0.15, -0.1) is 0 Å². The summed E-state index contributed by atoms with van der Waals surface area (Å²) in [5.41, 5.74) is 3.49. The molecule has 3 aromatic rings. The summed E-state index contributed by atoms with van der Waals surface area (Å²) in [5.74, 6) is 0.429. The van der Waals surface area contributed by atoms with Gasteiger partial charge in [-0.1, -0.05) is 46.3 Å². The number of fused-ring (bicyclic) bond motifs is 1. The van der Waals surface area contributed by atoms with Crippen LogP contribution in [0.15, 0.2) is 62.5 Å². The van der Waals surface area contributed by atoms with Gasteiger partial charge in [0, 0.05) is 4.47 Å². The molecule has 1 N–H and O–H groups in total. The van der Waals surface area contributed by atoms with Crippen LogP contribution in [0, 0.1) is 3.77 Å². The van der Waals surface area contributed by atoms with Crippen LogP contribution in [0.4, 0.5) is 0 Å². The Hall–Kier alpha value is -1.67. The summed E-state index contributed by atoms with van der Waals surface area (Å²) in [4.78, 5) is 12.1. The van der Waals surface area contributed by atoms with Crippen molar-refractivity contribution in [2.24, 2.45) is 5.10 Å². The third-order valence-electron chi connectivity index (χ3n) is 3.29. The molecule has 0 spiro atoms. The zero-order valence-electron chi connectivity index (χ0n) is 11.9. The zero-order chi connectivity index (χ0) is 16.2. The Kier molecular flexibility index (Phi) is 5.12. The minimum absolute atomic E-state index is 0.171. The van der Waals surface area contributed by atoms with Crippen LogP contribution in [0.2, 0.25) is 0 Å². The predicted octanol–water partition coefficient (Wildman–Crippen LogP) is 4.49. The second kappa shape index (κ2) is 7.27. The zero-order valence-corrected chi connectivity index (χ0v) is 15.7. The molecule has 23 heavy (non-hydrogen) atoms. The molecule has 1 heterocycles. The van der Waals surface area contributed by atoms with Gasteiger partial charge in [-0.3, -0.25) is 4.79 Å². The van der Waals surface area contributed by atoms with E-state index in [2.05, 4.69) is 49.0 Å². The molecule has 0 saturated carbocycles. The molecule has 0 radical (unpaired) electrons. The molecule has 0 saturated heterocycles. The smallest absolute Gasteiger partial charge is 0.244 e. The van der Waals surface area contributed by atoms with Crippen molar-refractivity contribution in [1.82, 2.24) is 5.43 Å². The lowest BCUT2D eigenvalue weighted by atomic mass is 10.0. The summed E-state index contributed by atoms with van der Waals surface area (Å²) in [7, 11) is 0. The van der Waals surface area contributed by atoms with E-state index in [1.54, 1.807) is 6.07 Å². The quantitative estimate of drug-likeness (QED) is 0.338. The van der Waals surface area contributed by atoms with Gasteiger partial charge in [-0.05, 0) is 57.1 Å². The Bertz CT molecular complexity index is 889. The van der Waals surface area contributed by atoms with Gasteiger partial charge in [-0.2, -0.15) is 5.10 Å². The second-order valence-electron chi connectivity index (χ2n) is 4.86. The lowest BCUT2D eigenvalue weighted by molar-refractivity contribution is -0.120. The van der Waals surface area contributed by atoms with Crippen molar-refractivity contribution in [2.75, 3.05) is 0 Å². The number of hydrazone groups is 1. The largest absolute Gasteiger partial charge is 0.449 e. The summed E-state index contributed by atoms with van der Waals surface area (Å²) in [6, 6.07) is 15.5. The van der Waals surface area contributed by atoms with Crippen LogP contribution >= 0.6 is 38.5 Å². The highest BCUT2D eigenvalue weighted by Gasteiger charge is 2.08. The van der Waals surface area contributed by atoms with E-state index in [4.69, 9.17) is 4.42 Å². The van der Waals surface area contributed by atoms with Gasteiger partial charge in [0.1, 0.15) is 5.76 Å². The monoisotopic (exact) mass is 482 g/mol. The topological polar surface area (TPSA) is 54.6 Å². The number of furan rings is 1. The maximum absolute atomic E-state index is 12.1. The molecule has 3 rings (SSSR count). The Morgan fingerprint density at radius 2 is 1.96 bits per heavy atom. The maximum atomic E-state index is 12.1. The van der Waals surface area contributed by atoms with Gasteiger partial charge in [0.25, 0.3) is 0 Å². The normalized spacial score (nSPS) is 11.2. The fraction of sp³-hybridized carbons (Fsp3) is 0.0588. The van der Waals surface area contributed by atoms with E-state index in [9.17, 15) is 4.79 Å². The number of carbonyl (C=O) groups is 1. The van der Waals surface area contributed by atoms with E-state index < -0.39 is 0 Å². The summed E-state index contributed by atoms with van der Waals surface area (Å²) >= 11 is 5.60. The standard InChI is InChI=1S/C17H12BrIN2O2/c18-15-7-5-11(13-3-1-2-4-14(13)15)9-17(22)21-20-10-12-6-8-16(19)23-12/h1-8,10H,9H2,(H,21,22)/b20-10-. The number of nitrogens with zero attached hydrogens (tertiary/aromatic N) is 1. The molecule has 4 nitrogen and oxygen atoms in total. The van der Waals surface area contributed by atoms with E-state index in [1.165, 1.54) is 6.21 Å². The molecule has 0 aliphatic carbocycles. The van der Waals surface area contributed by atoms with Crippen LogP contribution in [0.1, 0.15) is 11.3 Å². The van der Waals surface area contributed by atoms with E-state index in [1.807, 2.05) is 42.5 Å². The second-order valence-corrected chi connectivity index (χ2v) is 6.78. The van der Waals surface area contributed by atoms with Gasteiger partial charge in [0.2, 0.25) is 5.91 Å². The number of nitrogens with one attached hydrogen (secondary N) is 1. The molecule has 0 aliphatic heterocycles. The predicted molar refractivity (Wildman–Crippen MR) is 103 cm³/mol. The van der Waals surface area contributed by atoms with Gasteiger partial charge >= 0.3 is 0 Å².